The van der Waals surface area contributed by atoms with Crippen LogP contribution in [0.5, 0.6) is 0 Å². The van der Waals surface area contributed by atoms with Crippen LogP contribution in [0.4, 0.5) is 0 Å². The lowest BCUT2D eigenvalue weighted by Crippen LogP contribution is -2.35. The van der Waals surface area contributed by atoms with Gasteiger partial charge in [0.25, 0.3) is 0 Å². The Morgan fingerprint density at radius 2 is 1.85 bits per heavy atom. The van der Waals surface area contributed by atoms with Gasteiger partial charge in [-0.3, -0.25) is 0 Å². The second kappa shape index (κ2) is 8.14. The molecular formula is C22H36O4. The largest absolute Gasteiger partial charge is 0.392 e. The SMILES string of the molecule is CO[C@@H]1O[C@H](OC)C2=C1[C@H]1C[C@H]1[C@H](C)C[C@@H](O)[C@H]2C(C)CCC=C(C)C. The third-order valence-corrected chi connectivity index (χ3v) is 6.66. The molecule has 0 saturated heterocycles. The number of allylic oxidation sites excluding steroid dienone is 2. The number of hydrogen-bond acceptors (Lipinski definition) is 4. The van der Waals surface area contributed by atoms with Crippen LogP contribution in [0.25, 0.3) is 0 Å². The zero-order valence-electron chi connectivity index (χ0n) is 17.2. The molecule has 1 heterocycles. The Morgan fingerprint density at radius 1 is 1.19 bits per heavy atom. The summed E-state index contributed by atoms with van der Waals surface area (Å²) in [5, 5.41) is 11.2. The summed E-state index contributed by atoms with van der Waals surface area (Å²) in [6, 6.07) is 0. The Bertz CT molecular complexity index is 562. The van der Waals surface area contributed by atoms with E-state index in [2.05, 4.69) is 33.8 Å². The lowest BCUT2D eigenvalue weighted by molar-refractivity contribution is -0.183. The van der Waals surface area contributed by atoms with Crippen LogP contribution in [-0.2, 0) is 14.2 Å². The Labute approximate surface area is 158 Å². The fraction of sp³-hybridized carbons (Fsp3) is 0.818. The maximum absolute atomic E-state index is 11.2. The van der Waals surface area contributed by atoms with Crippen LogP contribution in [0.2, 0.25) is 0 Å². The van der Waals surface area contributed by atoms with Gasteiger partial charge in [-0.05, 0) is 74.3 Å². The highest BCUT2D eigenvalue weighted by Gasteiger charge is 2.54. The second-order valence-electron chi connectivity index (χ2n) is 8.83. The van der Waals surface area contributed by atoms with Gasteiger partial charge in [0.2, 0.25) is 0 Å². The normalized spacial score (nSPS) is 40.3. The lowest BCUT2D eigenvalue weighted by atomic mass is 9.73. The Hall–Kier alpha value is -0.680. The summed E-state index contributed by atoms with van der Waals surface area (Å²) in [5.41, 5.74) is 3.80. The number of ether oxygens (including phenoxy) is 3. The third kappa shape index (κ3) is 3.80. The number of fused-ring (bicyclic) bond motifs is 2. The number of methoxy groups -OCH3 is 2. The van der Waals surface area contributed by atoms with Crippen LogP contribution in [0, 0.1) is 29.6 Å². The van der Waals surface area contributed by atoms with Crippen LogP contribution in [0.1, 0.15) is 53.4 Å². The average Bonchev–Trinajstić information content (AvgIpc) is 3.28. The molecule has 1 saturated carbocycles. The first-order valence-electron chi connectivity index (χ1n) is 10.1. The fourth-order valence-electron chi connectivity index (χ4n) is 5.25. The number of hydrogen-bond donors (Lipinski definition) is 1. The summed E-state index contributed by atoms with van der Waals surface area (Å²) in [6.45, 7) is 8.83. The number of aliphatic hydroxyl groups excluding tert-OH is 1. The molecule has 3 rings (SSSR count). The zero-order chi connectivity index (χ0) is 19.0. The van der Waals surface area contributed by atoms with E-state index in [1.54, 1.807) is 14.2 Å². The predicted molar refractivity (Wildman–Crippen MR) is 102 cm³/mol. The number of rotatable bonds is 6. The molecule has 1 fully saturated rings. The predicted octanol–water partition coefficient (Wildman–Crippen LogP) is 4.29. The first-order chi connectivity index (χ1) is 12.4. The van der Waals surface area contributed by atoms with E-state index in [1.807, 2.05) is 0 Å². The minimum atomic E-state index is -0.393. The van der Waals surface area contributed by atoms with Crippen molar-refractivity contribution in [2.24, 2.45) is 29.6 Å². The minimum Gasteiger partial charge on any atom is -0.392 e. The van der Waals surface area contributed by atoms with Crippen molar-refractivity contribution < 1.29 is 19.3 Å². The van der Waals surface area contributed by atoms with Gasteiger partial charge in [-0.1, -0.05) is 25.5 Å². The quantitative estimate of drug-likeness (QED) is 0.714. The molecule has 0 aromatic heterocycles. The summed E-state index contributed by atoms with van der Waals surface area (Å²) >= 11 is 0. The van der Waals surface area contributed by atoms with Crippen LogP contribution < -0.4 is 0 Å². The van der Waals surface area contributed by atoms with Crippen molar-refractivity contribution in [2.45, 2.75) is 72.1 Å². The van der Waals surface area contributed by atoms with Crippen molar-refractivity contribution in [3.63, 3.8) is 0 Å². The van der Waals surface area contributed by atoms with Gasteiger partial charge in [-0.15, -0.1) is 0 Å². The van der Waals surface area contributed by atoms with Crippen molar-refractivity contribution in [2.75, 3.05) is 14.2 Å². The van der Waals surface area contributed by atoms with Crippen molar-refractivity contribution >= 4 is 0 Å². The molecule has 2 aliphatic carbocycles. The first kappa shape index (κ1) is 20.1. The molecule has 1 N–H and O–H groups in total. The smallest absolute Gasteiger partial charge is 0.183 e. The Kier molecular flexibility index (Phi) is 6.28. The summed E-state index contributed by atoms with van der Waals surface area (Å²) in [4.78, 5) is 0. The van der Waals surface area contributed by atoms with Gasteiger partial charge in [0.05, 0.1) is 6.10 Å². The molecule has 1 unspecified atom stereocenters. The molecule has 0 aromatic rings. The fourth-order valence-corrected chi connectivity index (χ4v) is 5.25. The zero-order valence-corrected chi connectivity index (χ0v) is 17.2. The molecule has 0 bridgehead atoms. The summed E-state index contributed by atoms with van der Waals surface area (Å²) in [6.07, 6.45) is 5.37. The molecule has 3 aliphatic rings. The summed E-state index contributed by atoms with van der Waals surface area (Å²) in [7, 11) is 3.40. The summed E-state index contributed by atoms with van der Waals surface area (Å²) < 4.78 is 17.4. The van der Waals surface area contributed by atoms with Gasteiger partial charge in [-0.25, -0.2) is 0 Å². The van der Waals surface area contributed by atoms with E-state index in [4.69, 9.17) is 14.2 Å². The van der Waals surface area contributed by atoms with E-state index in [0.717, 1.165) is 19.3 Å². The van der Waals surface area contributed by atoms with E-state index in [9.17, 15) is 5.11 Å². The van der Waals surface area contributed by atoms with E-state index in [1.165, 1.54) is 23.1 Å². The van der Waals surface area contributed by atoms with E-state index in [-0.39, 0.29) is 18.3 Å². The van der Waals surface area contributed by atoms with Crippen LogP contribution in [0.15, 0.2) is 22.8 Å². The summed E-state index contributed by atoms with van der Waals surface area (Å²) in [5.74, 6) is 2.16. The molecule has 4 heteroatoms. The van der Waals surface area contributed by atoms with Crippen molar-refractivity contribution in [1.29, 1.82) is 0 Å². The molecule has 0 aromatic carbocycles. The Balaban J connectivity index is 1.95. The van der Waals surface area contributed by atoms with Gasteiger partial charge in [0.1, 0.15) is 0 Å². The minimum absolute atomic E-state index is 0.0738. The van der Waals surface area contributed by atoms with E-state index >= 15 is 0 Å². The van der Waals surface area contributed by atoms with Crippen molar-refractivity contribution in [1.82, 2.24) is 0 Å². The van der Waals surface area contributed by atoms with Gasteiger partial charge < -0.3 is 19.3 Å². The highest BCUT2D eigenvalue weighted by atomic mass is 16.8. The topological polar surface area (TPSA) is 47.9 Å². The average molecular weight is 365 g/mol. The molecule has 148 valence electrons. The third-order valence-electron chi connectivity index (χ3n) is 6.66. The standard InChI is InChI=1S/C22H36O4/c1-12(2)8-7-9-13(3)18-17(23)10-14(4)15-11-16(15)19-20(18)22(25-6)26-21(19)24-5/h8,13-18,21-23H,7,9-11H2,1-6H3/t13?,14-,15+,16+,17-,18-,21-,22+/m1/s1. The van der Waals surface area contributed by atoms with Gasteiger partial charge in [0, 0.05) is 20.1 Å². The van der Waals surface area contributed by atoms with E-state index in [0.29, 0.717) is 23.7 Å². The molecule has 8 atom stereocenters. The van der Waals surface area contributed by atoms with Crippen molar-refractivity contribution in [3.05, 3.63) is 22.8 Å². The maximum Gasteiger partial charge on any atom is 0.183 e. The van der Waals surface area contributed by atoms with Gasteiger partial charge in [0.15, 0.2) is 12.6 Å². The molecule has 26 heavy (non-hydrogen) atoms. The highest BCUT2D eigenvalue weighted by Crippen LogP contribution is 2.58. The van der Waals surface area contributed by atoms with Crippen molar-refractivity contribution in [3.8, 4) is 0 Å². The van der Waals surface area contributed by atoms with Gasteiger partial charge in [-0.2, -0.15) is 0 Å². The Morgan fingerprint density at radius 3 is 2.46 bits per heavy atom. The molecular weight excluding hydrogens is 328 g/mol. The lowest BCUT2D eigenvalue weighted by Gasteiger charge is -2.35. The molecule has 4 nitrogen and oxygen atoms in total. The van der Waals surface area contributed by atoms with Gasteiger partial charge >= 0.3 is 0 Å². The second-order valence-corrected chi connectivity index (χ2v) is 8.83. The van der Waals surface area contributed by atoms with Crippen LogP contribution in [-0.4, -0.2) is 38.0 Å². The number of aliphatic hydroxyl groups is 1. The first-order valence-corrected chi connectivity index (χ1v) is 10.1. The highest BCUT2D eigenvalue weighted by molar-refractivity contribution is 5.34. The van der Waals surface area contributed by atoms with E-state index < -0.39 is 6.29 Å². The molecule has 0 radical (unpaired) electrons. The van der Waals surface area contributed by atoms with Crippen LogP contribution >= 0.6 is 0 Å². The monoisotopic (exact) mass is 364 g/mol. The van der Waals surface area contributed by atoms with Crippen LogP contribution in [0.3, 0.4) is 0 Å². The maximum atomic E-state index is 11.2. The molecule has 0 spiro atoms. The molecule has 0 amide bonds. The molecule has 1 aliphatic heterocycles.